The molecule has 5 nitrogen and oxygen atoms in total. The van der Waals surface area contributed by atoms with Gasteiger partial charge >= 0.3 is 0 Å². The molecule has 0 aliphatic rings. The van der Waals surface area contributed by atoms with Crippen LogP contribution in [0.4, 0.5) is 0 Å². The fraction of sp³-hybridized carbons (Fsp3) is 0.500. The first-order valence-electron chi connectivity index (χ1n) is 7.40. The van der Waals surface area contributed by atoms with Crippen LogP contribution < -0.4 is 10.9 Å². The Hall–Kier alpha value is -1.72. The molecule has 0 amide bonds. The van der Waals surface area contributed by atoms with E-state index in [1.165, 1.54) is 0 Å². The topological polar surface area (TPSA) is 56.1 Å². The molecule has 1 atom stereocenters. The van der Waals surface area contributed by atoms with Gasteiger partial charge in [0.15, 0.2) is 0 Å². The molecule has 1 heterocycles. The lowest BCUT2D eigenvalue weighted by Crippen LogP contribution is -2.32. The number of methoxy groups -OCH3 is 1. The van der Waals surface area contributed by atoms with Crippen LogP contribution in [0.5, 0.6) is 0 Å². The quantitative estimate of drug-likeness (QED) is 0.793. The summed E-state index contributed by atoms with van der Waals surface area (Å²) in [5.41, 5.74) is 0.795. The van der Waals surface area contributed by atoms with E-state index < -0.39 is 0 Å². The average molecular weight is 289 g/mol. The van der Waals surface area contributed by atoms with Crippen LogP contribution in [0.3, 0.4) is 0 Å². The van der Waals surface area contributed by atoms with E-state index in [-0.39, 0.29) is 11.6 Å². The van der Waals surface area contributed by atoms with Crippen LogP contribution in [0.15, 0.2) is 29.1 Å². The molecule has 2 aromatic rings. The Morgan fingerprint density at radius 2 is 2.14 bits per heavy atom. The molecule has 1 N–H and O–H groups in total. The largest absolute Gasteiger partial charge is 0.383 e. The molecule has 0 aliphatic heterocycles. The van der Waals surface area contributed by atoms with Crippen LogP contribution in [0.1, 0.15) is 32.1 Å². The first-order chi connectivity index (χ1) is 10.2. The van der Waals surface area contributed by atoms with E-state index in [1.807, 2.05) is 31.2 Å². The number of nitrogens with zero attached hydrogens (tertiary/aromatic N) is 2. The molecule has 0 bridgehead atoms. The fourth-order valence-electron chi connectivity index (χ4n) is 2.42. The van der Waals surface area contributed by atoms with Gasteiger partial charge in [-0.15, -0.1) is 0 Å². The number of benzene rings is 1. The van der Waals surface area contributed by atoms with E-state index in [2.05, 4.69) is 12.2 Å². The summed E-state index contributed by atoms with van der Waals surface area (Å²) in [4.78, 5) is 17.3. The standard InChI is InChI=1S/C16H23N3O2/c1-4-10-19-15(12(2)17-9-11-21-3)18-14-8-6-5-7-13(14)16(19)20/h5-8,12,17H,4,9-11H2,1-3H3/t12-/m1/s1. The molecular formula is C16H23N3O2. The molecule has 0 saturated heterocycles. The number of fused-ring (bicyclic) bond motifs is 1. The Balaban J connectivity index is 2.45. The van der Waals surface area contributed by atoms with E-state index in [0.717, 1.165) is 24.3 Å². The van der Waals surface area contributed by atoms with Crippen molar-refractivity contribution in [2.24, 2.45) is 0 Å². The van der Waals surface area contributed by atoms with Crippen LogP contribution in [0, 0.1) is 0 Å². The number of hydrogen-bond donors (Lipinski definition) is 1. The number of aromatic nitrogens is 2. The molecule has 2 rings (SSSR count). The van der Waals surface area contributed by atoms with Crippen LogP contribution in [-0.4, -0.2) is 29.8 Å². The highest BCUT2D eigenvalue weighted by Crippen LogP contribution is 2.14. The van der Waals surface area contributed by atoms with Gasteiger partial charge in [-0.2, -0.15) is 0 Å². The van der Waals surface area contributed by atoms with Crippen molar-refractivity contribution in [3.05, 3.63) is 40.4 Å². The van der Waals surface area contributed by atoms with Crippen molar-refractivity contribution in [2.75, 3.05) is 20.3 Å². The molecule has 0 aliphatic carbocycles. The highest BCUT2D eigenvalue weighted by Gasteiger charge is 2.15. The number of ether oxygens (including phenoxy) is 1. The minimum Gasteiger partial charge on any atom is -0.383 e. The van der Waals surface area contributed by atoms with Gasteiger partial charge in [-0.1, -0.05) is 19.1 Å². The Labute approximate surface area is 125 Å². The van der Waals surface area contributed by atoms with Gasteiger partial charge in [0, 0.05) is 20.2 Å². The van der Waals surface area contributed by atoms with E-state index in [0.29, 0.717) is 18.5 Å². The minimum atomic E-state index is 0.00371. The zero-order chi connectivity index (χ0) is 15.2. The monoisotopic (exact) mass is 289 g/mol. The van der Waals surface area contributed by atoms with E-state index in [9.17, 15) is 4.79 Å². The summed E-state index contributed by atoms with van der Waals surface area (Å²) in [6.07, 6.45) is 0.901. The van der Waals surface area contributed by atoms with Gasteiger partial charge < -0.3 is 10.1 Å². The van der Waals surface area contributed by atoms with Crippen molar-refractivity contribution in [3.63, 3.8) is 0 Å². The molecule has 0 radical (unpaired) electrons. The third-order valence-corrected chi connectivity index (χ3v) is 3.48. The summed E-state index contributed by atoms with van der Waals surface area (Å²) < 4.78 is 6.83. The average Bonchev–Trinajstić information content (AvgIpc) is 2.50. The molecular weight excluding hydrogens is 266 g/mol. The maximum atomic E-state index is 12.6. The maximum Gasteiger partial charge on any atom is 0.261 e. The Kier molecular flexibility index (Phi) is 5.47. The molecule has 1 aromatic carbocycles. The van der Waals surface area contributed by atoms with Crippen LogP contribution in [0.25, 0.3) is 10.9 Å². The Bertz CT molecular complexity index is 652. The molecule has 5 heteroatoms. The normalized spacial score (nSPS) is 12.7. The van der Waals surface area contributed by atoms with E-state index in [4.69, 9.17) is 9.72 Å². The van der Waals surface area contributed by atoms with Gasteiger partial charge in [-0.25, -0.2) is 4.98 Å². The van der Waals surface area contributed by atoms with Crippen LogP contribution in [-0.2, 0) is 11.3 Å². The number of rotatable bonds is 7. The number of para-hydroxylation sites is 1. The smallest absolute Gasteiger partial charge is 0.261 e. The highest BCUT2D eigenvalue weighted by atomic mass is 16.5. The maximum absolute atomic E-state index is 12.6. The second-order valence-corrected chi connectivity index (χ2v) is 5.11. The molecule has 114 valence electrons. The third-order valence-electron chi connectivity index (χ3n) is 3.48. The highest BCUT2D eigenvalue weighted by molar-refractivity contribution is 5.77. The van der Waals surface area contributed by atoms with Gasteiger partial charge in [0.05, 0.1) is 23.6 Å². The predicted molar refractivity (Wildman–Crippen MR) is 84.6 cm³/mol. The zero-order valence-electron chi connectivity index (χ0n) is 12.9. The van der Waals surface area contributed by atoms with Crippen molar-refractivity contribution in [1.29, 1.82) is 0 Å². The van der Waals surface area contributed by atoms with Crippen molar-refractivity contribution in [1.82, 2.24) is 14.9 Å². The summed E-state index contributed by atoms with van der Waals surface area (Å²) in [7, 11) is 1.67. The van der Waals surface area contributed by atoms with Gasteiger partial charge in [-0.05, 0) is 25.5 Å². The van der Waals surface area contributed by atoms with Gasteiger partial charge in [-0.3, -0.25) is 9.36 Å². The number of hydrogen-bond acceptors (Lipinski definition) is 4. The van der Waals surface area contributed by atoms with Crippen LogP contribution >= 0.6 is 0 Å². The van der Waals surface area contributed by atoms with Gasteiger partial charge in [0.1, 0.15) is 5.82 Å². The summed E-state index contributed by atoms with van der Waals surface area (Å²) in [5.74, 6) is 0.789. The van der Waals surface area contributed by atoms with Gasteiger partial charge in [0.2, 0.25) is 0 Å². The third kappa shape index (κ3) is 3.49. The zero-order valence-corrected chi connectivity index (χ0v) is 12.9. The summed E-state index contributed by atoms with van der Waals surface area (Å²) in [6, 6.07) is 7.51. The molecule has 1 aromatic heterocycles. The van der Waals surface area contributed by atoms with E-state index >= 15 is 0 Å². The van der Waals surface area contributed by atoms with E-state index in [1.54, 1.807) is 11.7 Å². The van der Waals surface area contributed by atoms with Crippen molar-refractivity contribution < 1.29 is 4.74 Å². The molecule has 0 fully saturated rings. The van der Waals surface area contributed by atoms with Crippen LogP contribution in [0.2, 0.25) is 0 Å². The summed E-state index contributed by atoms with van der Waals surface area (Å²) >= 11 is 0. The Morgan fingerprint density at radius 1 is 1.38 bits per heavy atom. The second kappa shape index (κ2) is 7.33. The summed E-state index contributed by atoms with van der Waals surface area (Å²) in [5, 5.41) is 4.02. The SMILES string of the molecule is CCCn1c([C@@H](C)NCCOC)nc2ccccc2c1=O. The van der Waals surface area contributed by atoms with Crippen molar-refractivity contribution in [3.8, 4) is 0 Å². The second-order valence-electron chi connectivity index (χ2n) is 5.11. The number of nitrogens with one attached hydrogen (secondary N) is 1. The van der Waals surface area contributed by atoms with Crippen molar-refractivity contribution in [2.45, 2.75) is 32.9 Å². The first-order valence-corrected chi connectivity index (χ1v) is 7.40. The van der Waals surface area contributed by atoms with Gasteiger partial charge in [0.25, 0.3) is 5.56 Å². The minimum absolute atomic E-state index is 0.00371. The lowest BCUT2D eigenvalue weighted by Gasteiger charge is -2.19. The Morgan fingerprint density at radius 3 is 2.86 bits per heavy atom. The van der Waals surface area contributed by atoms with Crippen molar-refractivity contribution >= 4 is 10.9 Å². The summed E-state index contributed by atoms with van der Waals surface area (Å²) in [6.45, 7) is 6.14. The molecule has 0 saturated carbocycles. The molecule has 21 heavy (non-hydrogen) atoms. The first kappa shape index (κ1) is 15.7. The lowest BCUT2D eigenvalue weighted by atomic mass is 10.2. The predicted octanol–water partition coefficient (Wildman–Crippen LogP) is 2.10. The molecule has 0 unspecified atom stereocenters. The lowest BCUT2D eigenvalue weighted by molar-refractivity contribution is 0.195. The molecule has 0 spiro atoms. The fourth-order valence-corrected chi connectivity index (χ4v) is 2.42.